The molecule has 0 aliphatic heterocycles. The molecule has 3 aromatic rings. The second-order valence-corrected chi connectivity index (χ2v) is 6.74. The van der Waals surface area contributed by atoms with E-state index in [9.17, 15) is 9.59 Å². The summed E-state index contributed by atoms with van der Waals surface area (Å²) in [6, 6.07) is 11.2. The number of ether oxygens (including phenoxy) is 2. The number of halogens is 1. The molecule has 0 radical (unpaired) electrons. The van der Waals surface area contributed by atoms with Gasteiger partial charge in [0.1, 0.15) is 18.3 Å². The number of aromatic nitrogens is 2. The van der Waals surface area contributed by atoms with E-state index in [1.165, 1.54) is 0 Å². The Labute approximate surface area is 168 Å². The number of hydrogen-bond donors (Lipinski definition) is 0. The van der Waals surface area contributed by atoms with Crippen molar-refractivity contribution in [1.82, 2.24) is 9.55 Å². The SMILES string of the molecule is CCOC(=O)c1cc(C)n(CC(=O)OCc2cc3ccccc3nc2Cl)c1C. The quantitative estimate of drug-likeness (QED) is 0.457. The van der Waals surface area contributed by atoms with Crippen molar-refractivity contribution in [1.29, 1.82) is 0 Å². The highest BCUT2D eigenvalue weighted by Crippen LogP contribution is 2.21. The van der Waals surface area contributed by atoms with Crippen LogP contribution in [0, 0.1) is 13.8 Å². The molecule has 6 nitrogen and oxygen atoms in total. The van der Waals surface area contributed by atoms with Crippen LogP contribution in [0.2, 0.25) is 5.15 Å². The number of hydrogen-bond acceptors (Lipinski definition) is 5. The van der Waals surface area contributed by atoms with Crippen molar-refractivity contribution >= 4 is 34.4 Å². The highest BCUT2D eigenvalue weighted by Gasteiger charge is 2.19. The van der Waals surface area contributed by atoms with Gasteiger partial charge in [0.2, 0.25) is 0 Å². The summed E-state index contributed by atoms with van der Waals surface area (Å²) >= 11 is 6.21. The molecule has 2 aromatic heterocycles. The van der Waals surface area contributed by atoms with Gasteiger partial charge in [0.15, 0.2) is 0 Å². The van der Waals surface area contributed by atoms with Gasteiger partial charge in [-0.3, -0.25) is 4.79 Å². The number of benzene rings is 1. The summed E-state index contributed by atoms with van der Waals surface area (Å²) in [5, 5.41) is 1.23. The van der Waals surface area contributed by atoms with Gasteiger partial charge in [-0.2, -0.15) is 0 Å². The smallest absolute Gasteiger partial charge is 0.339 e. The second kappa shape index (κ2) is 8.44. The maximum atomic E-state index is 12.3. The predicted octanol–water partition coefficient (Wildman–Crippen LogP) is 4.23. The van der Waals surface area contributed by atoms with Gasteiger partial charge in [0.05, 0.1) is 17.7 Å². The lowest BCUT2D eigenvalue weighted by Crippen LogP contribution is -2.16. The minimum Gasteiger partial charge on any atom is -0.462 e. The number of aryl methyl sites for hydroxylation is 1. The average molecular weight is 401 g/mol. The summed E-state index contributed by atoms with van der Waals surface area (Å²) < 4.78 is 12.2. The Hall–Kier alpha value is -2.86. The summed E-state index contributed by atoms with van der Waals surface area (Å²) in [4.78, 5) is 28.7. The van der Waals surface area contributed by atoms with Gasteiger partial charge >= 0.3 is 11.9 Å². The molecule has 0 saturated carbocycles. The van der Waals surface area contributed by atoms with Crippen LogP contribution < -0.4 is 0 Å². The number of nitrogens with zero attached hydrogens (tertiary/aromatic N) is 2. The van der Waals surface area contributed by atoms with Crippen LogP contribution in [-0.2, 0) is 27.4 Å². The molecule has 0 atom stereocenters. The Balaban J connectivity index is 1.70. The van der Waals surface area contributed by atoms with Crippen LogP contribution in [0.5, 0.6) is 0 Å². The molecular formula is C21H21ClN2O4. The Kier molecular flexibility index (Phi) is 5.99. The number of rotatable bonds is 6. The van der Waals surface area contributed by atoms with Crippen LogP contribution in [0.4, 0.5) is 0 Å². The molecule has 2 heterocycles. The first kappa shape index (κ1) is 19.9. The molecule has 3 rings (SSSR count). The molecule has 0 fully saturated rings. The molecule has 0 bridgehead atoms. The van der Waals surface area contributed by atoms with Crippen LogP contribution in [0.1, 0.15) is 34.2 Å². The highest BCUT2D eigenvalue weighted by atomic mass is 35.5. The van der Waals surface area contributed by atoms with E-state index in [2.05, 4.69) is 4.98 Å². The van der Waals surface area contributed by atoms with Gasteiger partial charge < -0.3 is 14.0 Å². The van der Waals surface area contributed by atoms with Gasteiger partial charge in [0.25, 0.3) is 0 Å². The molecule has 0 saturated heterocycles. The van der Waals surface area contributed by atoms with E-state index in [4.69, 9.17) is 21.1 Å². The maximum absolute atomic E-state index is 12.3. The zero-order valence-electron chi connectivity index (χ0n) is 16.0. The third-order valence-corrected chi connectivity index (χ3v) is 4.82. The number of carbonyl (C=O) groups excluding carboxylic acids is 2. The fraction of sp³-hybridized carbons (Fsp3) is 0.286. The lowest BCUT2D eigenvalue weighted by Gasteiger charge is -2.11. The van der Waals surface area contributed by atoms with Crippen LogP contribution in [-0.4, -0.2) is 28.1 Å². The van der Waals surface area contributed by atoms with Crippen molar-refractivity contribution in [2.45, 2.75) is 33.9 Å². The van der Waals surface area contributed by atoms with E-state index in [0.717, 1.165) is 16.6 Å². The number of para-hydroxylation sites is 1. The van der Waals surface area contributed by atoms with E-state index in [1.54, 1.807) is 24.5 Å². The predicted molar refractivity (Wildman–Crippen MR) is 106 cm³/mol. The van der Waals surface area contributed by atoms with Gasteiger partial charge in [-0.15, -0.1) is 0 Å². The standard InChI is InChI=1S/C21H21ClN2O4/c1-4-27-21(26)17-9-13(2)24(14(17)3)11-19(25)28-12-16-10-15-7-5-6-8-18(15)23-20(16)22/h5-10H,4,11-12H2,1-3H3. The van der Waals surface area contributed by atoms with Crippen molar-refractivity contribution < 1.29 is 19.1 Å². The van der Waals surface area contributed by atoms with E-state index in [-0.39, 0.29) is 13.2 Å². The minimum absolute atomic E-state index is 0.00427. The minimum atomic E-state index is -0.429. The van der Waals surface area contributed by atoms with Crippen molar-refractivity contribution in [3.63, 3.8) is 0 Å². The molecule has 146 valence electrons. The lowest BCUT2D eigenvalue weighted by molar-refractivity contribution is -0.145. The Morgan fingerprint density at radius 2 is 1.89 bits per heavy atom. The maximum Gasteiger partial charge on any atom is 0.339 e. The summed E-state index contributed by atoms with van der Waals surface area (Å²) in [6.07, 6.45) is 0. The third-order valence-electron chi connectivity index (χ3n) is 4.49. The summed E-state index contributed by atoms with van der Waals surface area (Å²) in [7, 11) is 0. The number of fused-ring (bicyclic) bond motifs is 1. The molecule has 0 unspecified atom stereocenters. The average Bonchev–Trinajstić information content (AvgIpc) is 2.95. The Morgan fingerprint density at radius 3 is 2.64 bits per heavy atom. The third kappa shape index (κ3) is 4.17. The number of pyridine rings is 1. The van der Waals surface area contributed by atoms with Gasteiger partial charge in [-0.1, -0.05) is 29.8 Å². The first-order chi connectivity index (χ1) is 13.4. The van der Waals surface area contributed by atoms with E-state index >= 15 is 0 Å². The monoisotopic (exact) mass is 400 g/mol. The van der Waals surface area contributed by atoms with Gasteiger partial charge in [-0.25, -0.2) is 9.78 Å². The van der Waals surface area contributed by atoms with Crippen LogP contribution in [0.15, 0.2) is 36.4 Å². The highest BCUT2D eigenvalue weighted by molar-refractivity contribution is 6.30. The summed E-state index contributed by atoms with van der Waals surface area (Å²) in [5.74, 6) is -0.828. The number of esters is 2. The fourth-order valence-electron chi connectivity index (χ4n) is 3.03. The Bertz CT molecular complexity index is 1040. The van der Waals surface area contributed by atoms with E-state index in [0.29, 0.717) is 28.6 Å². The molecule has 0 aliphatic rings. The molecule has 7 heteroatoms. The molecule has 1 aromatic carbocycles. The van der Waals surface area contributed by atoms with E-state index < -0.39 is 11.9 Å². The lowest BCUT2D eigenvalue weighted by atomic mass is 10.2. The first-order valence-corrected chi connectivity index (χ1v) is 9.32. The van der Waals surface area contributed by atoms with E-state index in [1.807, 2.05) is 37.3 Å². The molecule has 0 spiro atoms. The largest absolute Gasteiger partial charge is 0.462 e. The van der Waals surface area contributed by atoms with Gasteiger partial charge in [-0.05, 0) is 39.0 Å². The van der Waals surface area contributed by atoms with Crippen molar-refractivity contribution in [2.24, 2.45) is 0 Å². The van der Waals surface area contributed by atoms with Crippen molar-refractivity contribution in [3.8, 4) is 0 Å². The van der Waals surface area contributed by atoms with Crippen LogP contribution in [0.3, 0.4) is 0 Å². The zero-order chi connectivity index (χ0) is 20.3. The van der Waals surface area contributed by atoms with Crippen LogP contribution in [0.25, 0.3) is 10.9 Å². The fourth-order valence-corrected chi connectivity index (χ4v) is 3.23. The molecule has 28 heavy (non-hydrogen) atoms. The van der Waals surface area contributed by atoms with Crippen molar-refractivity contribution in [3.05, 3.63) is 64.1 Å². The molecule has 0 amide bonds. The summed E-state index contributed by atoms with van der Waals surface area (Å²) in [6.45, 7) is 5.67. The zero-order valence-corrected chi connectivity index (χ0v) is 16.7. The topological polar surface area (TPSA) is 70.4 Å². The number of carbonyl (C=O) groups is 2. The normalized spacial score (nSPS) is 10.9. The first-order valence-electron chi connectivity index (χ1n) is 8.94. The molecular weight excluding hydrogens is 380 g/mol. The second-order valence-electron chi connectivity index (χ2n) is 6.38. The van der Waals surface area contributed by atoms with Crippen molar-refractivity contribution in [2.75, 3.05) is 6.61 Å². The Morgan fingerprint density at radius 1 is 1.14 bits per heavy atom. The van der Waals surface area contributed by atoms with Crippen LogP contribution >= 0.6 is 11.6 Å². The summed E-state index contributed by atoms with van der Waals surface area (Å²) in [5.41, 5.74) is 3.32. The molecule has 0 aliphatic carbocycles. The molecule has 0 N–H and O–H groups in total. The van der Waals surface area contributed by atoms with Gasteiger partial charge in [0, 0.05) is 22.3 Å².